The predicted molar refractivity (Wildman–Crippen MR) is 72.2 cm³/mol. The summed E-state index contributed by atoms with van der Waals surface area (Å²) in [6, 6.07) is 5.47. The van der Waals surface area contributed by atoms with E-state index in [1.165, 1.54) is 36.7 Å². The van der Waals surface area contributed by atoms with Crippen LogP contribution >= 0.6 is 0 Å². The minimum atomic E-state index is -0.673. The lowest BCUT2D eigenvalue weighted by atomic mass is 10.1. The molecule has 0 aliphatic rings. The number of anilines is 1. The van der Waals surface area contributed by atoms with E-state index in [2.05, 4.69) is 20.8 Å². The van der Waals surface area contributed by atoms with Gasteiger partial charge in [-0.15, -0.1) is 0 Å². The summed E-state index contributed by atoms with van der Waals surface area (Å²) in [7, 11) is 0. The van der Waals surface area contributed by atoms with Crippen LogP contribution in [0.4, 0.5) is 10.2 Å². The van der Waals surface area contributed by atoms with Crippen molar-refractivity contribution in [2.45, 2.75) is 6.42 Å². The van der Waals surface area contributed by atoms with E-state index in [9.17, 15) is 14.0 Å². The lowest BCUT2D eigenvalue weighted by Crippen LogP contribution is -2.43. The number of nitrogen functional groups attached to an aromatic ring is 1. The minimum absolute atomic E-state index is 0.00346. The zero-order chi connectivity index (χ0) is 15.2. The Morgan fingerprint density at radius 1 is 1.10 bits per heavy atom. The van der Waals surface area contributed by atoms with Crippen molar-refractivity contribution in [3.8, 4) is 0 Å². The molecule has 7 nitrogen and oxygen atoms in total. The summed E-state index contributed by atoms with van der Waals surface area (Å²) >= 11 is 0. The van der Waals surface area contributed by atoms with E-state index < -0.39 is 11.8 Å². The fourth-order valence-corrected chi connectivity index (χ4v) is 1.54. The van der Waals surface area contributed by atoms with E-state index >= 15 is 0 Å². The van der Waals surface area contributed by atoms with Gasteiger partial charge in [-0.05, 0) is 17.7 Å². The molecule has 4 N–H and O–H groups in total. The van der Waals surface area contributed by atoms with Crippen LogP contribution in [0.1, 0.15) is 16.1 Å². The van der Waals surface area contributed by atoms with Gasteiger partial charge in [-0.25, -0.2) is 14.4 Å². The van der Waals surface area contributed by atoms with E-state index in [1.54, 1.807) is 0 Å². The van der Waals surface area contributed by atoms with Crippen LogP contribution in [0.5, 0.6) is 0 Å². The normalized spacial score (nSPS) is 9.95. The Hall–Kier alpha value is -3.03. The van der Waals surface area contributed by atoms with Crippen molar-refractivity contribution in [2.24, 2.45) is 0 Å². The number of nitrogens with zero attached hydrogens (tertiary/aromatic N) is 2. The molecule has 1 heterocycles. The average molecular weight is 289 g/mol. The standard InChI is InChI=1S/C13H12FN5O2/c14-9-3-1-8(2-4-9)7-10(20)18-19-13(21)11-12(15)17-6-5-16-11/h1-6H,7H2,(H2,15,17)(H,18,20)(H,19,21). The third kappa shape index (κ3) is 3.96. The summed E-state index contributed by atoms with van der Waals surface area (Å²) in [6.45, 7) is 0. The lowest BCUT2D eigenvalue weighted by Gasteiger charge is -2.07. The second-order valence-corrected chi connectivity index (χ2v) is 4.10. The Bertz CT molecular complexity index is 660. The quantitative estimate of drug-likeness (QED) is 0.699. The number of hydrogen-bond donors (Lipinski definition) is 3. The Morgan fingerprint density at radius 3 is 2.43 bits per heavy atom. The van der Waals surface area contributed by atoms with Crippen molar-refractivity contribution in [2.75, 3.05) is 5.73 Å². The third-order valence-corrected chi connectivity index (χ3v) is 2.54. The maximum atomic E-state index is 12.7. The van der Waals surface area contributed by atoms with Gasteiger partial charge >= 0.3 is 0 Å². The number of rotatable bonds is 3. The van der Waals surface area contributed by atoms with Crippen molar-refractivity contribution in [1.29, 1.82) is 0 Å². The van der Waals surface area contributed by atoms with E-state index in [0.29, 0.717) is 5.56 Å². The van der Waals surface area contributed by atoms with Gasteiger partial charge < -0.3 is 5.73 Å². The SMILES string of the molecule is Nc1nccnc1C(=O)NNC(=O)Cc1ccc(F)cc1. The van der Waals surface area contributed by atoms with Gasteiger partial charge in [-0.2, -0.15) is 0 Å². The average Bonchev–Trinajstić information content (AvgIpc) is 2.48. The molecule has 0 saturated heterocycles. The van der Waals surface area contributed by atoms with Crippen molar-refractivity contribution < 1.29 is 14.0 Å². The number of carbonyl (C=O) groups excluding carboxylic acids is 2. The smallest absolute Gasteiger partial charge is 0.292 e. The highest BCUT2D eigenvalue weighted by Gasteiger charge is 2.12. The fourth-order valence-electron chi connectivity index (χ4n) is 1.54. The fraction of sp³-hybridized carbons (Fsp3) is 0.0769. The predicted octanol–water partition coefficient (Wildman–Crippen LogP) is 0.202. The van der Waals surface area contributed by atoms with Gasteiger partial charge in [0.2, 0.25) is 5.91 Å². The summed E-state index contributed by atoms with van der Waals surface area (Å²) in [6.07, 6.45) is 2.65. The van der Waals surface area contributed by atoms with Gasteiger partial charge in [0.1, 0.15) is 5.82 Å². The molecule has 0 radical (unpaired) electrons. The van der Waals surface area contributed by atoms with Crippen LogP contribution in [0.15, 0.2) is 36.7 Å². The van der Waals surface area contributed by atoms with Crippen molar-refractivity contribution in [3.05, 3.63) is 53.7 Å². The highest BCUT2D eigenvalue weighted by molar-refractivity contribution is 5.97. The molecule has 1 aromatic carbocycles. The summed E-state index contributed by atoms with van der Waals surface area (Å²) in [4.78, 5) is 30.8. The third-order valence-electron chi connectivity index (χ3n) is 2.54. The molecule has 1 aromatic heterocycles. The maximum Gasteiger partial charge on any atom is 0.292 e. The van der Waals surface area contributed by atoms with Gasteiger partial charge in [-0.1, -0.05) is 12.1 Å². The molecule has 2 aromatic rings. The first-order valence-corrected chi connectivity index (χ1v) is 5.96. The second-order valence-electron chi connectivity index (χ2n) is 4.10. The van der Waals surface area contributed by atoms with E-state index in [1.807, 2.05) is 0 Å². The first kappa shape index (κ1) is 14.4. The van der Waals surface area contributed by atoms with E-state index in [-0.39, 0.29) is 23.7 Å². The molecule has 108 valence electrons. The van der Waals surface area contributed by atoms with Crippen molar-refractivity contribution >= 4 is 17.6 Å². The van der Waals surface area contributed by atoms with Gasteiger partial charge in [0, 0.05) is 12.4 Å². The molecule has 0 saturated carbocycles. The number of nitrogens with two attached hydrogens (primary N) is 1. The highest BCUT2D eigenvalue weighted by atomic mass is 19.1. The van der Waals surface area contributed by atoms with Crippen LogP contribution in [0.2, 0.25) is 0 Å². The zero-order valence-electron chi connectivity index (χ0n) is 10.8. The zero-order valence-corrected chi connectivity index (χ0v) is 10.8. The van der Waals surface area contributed by atoms with E-state index in [0.717, 1.165) is 0 Å². The Labute approximate surface area is 119 Å². The molecule has 2 amide bonds. The number of carbonyl (C=O) groups is 2. The number of halogens is 1. The lowest BCUT2D eigenvalue weighted by molar-refractivity contribution is -0.121. The molecule has 2 rings (SSSR count). The summed E-state index contributed by atoms with van der Waals surface area (Å²) < 4.78 is 12.7. The number of hydrazine groups is 1. The maximum absolute atomic E-state index is 12.7. The molecule has 0 bridgehead atoms. The van der Waals surface area contributed by atoms with Gasteiger partial charge in [0.15, 0.2) is 11.5 Å². The largest absolute Gasteiger partial charge is 0.382 e. The summed E-state index contributed by atoms with van der Waals surface area (Å²) in [5.74, 6) is -1.56. The molecule has 0 unspecified atom stereocenters. The Kier molecular flexibility index (Phi) is 4.39. The number of amides is 2. The molecular formula is C13H12FN5O2. The van der Waals surface area contributed by atoms with Crippen molar-refractivity contribution in [3.63, 3.8) is 0 Å². The minimum Gasteiger partial charge on any atom is -0.382 e. The number of benzene rings is 1. The molecule has 0 spiro atoms. The molecular weight excluding hydrogens is 277 g/mol. The van der Waals surface area contributed by atoms with E-state index in [4.69, 9.17) is 5.73 Å². The summed E-state index contributed by atoms with van der Waals surface area (Å²) in [5, 5.41) is 0. The van der Waals surface area contributed by atoms with Crippen molar-refractivity contribution in [1.82, 2.24) is 20.8 Å². The molecule has 0 fully saturated rings. The topological polar surface area (TPSA) is 110 Å². The molecule has 8 heteroatoms. The molecule has 0 atom stereocenters. The van der Waals surface area contributed by atoms with Crippen LogP contribution in [0, 0.1) is 5.82 Å². The number of nitrogens with one attached hydrogen (secondary N) is 2. The monoisotopic (exact) mass is 289 g/mol. The highest BCUT2D eigenvalue weighted by Crippen LogP contribution is 2.04. The van der Waals surface area contributed by atoms with Crippen LogP contribution in [0.25, 0.3) is 0 Å². The molecule has 0 aliphatic carbocycles. The first-order valence-electron chi connectivity index (χ1n) is 5.96. The Morgan fingerprint density at radius 2 is 1.76 bits per heavy atom. The van der Waals surface area contributed by atoms with Gasteiger partial charge in [-0.3, -0.25) is 20.4 Å². The van der Waals surface area contributed by atoms with Crippen LogP contribution in [-0.2, 0) is 11.2 Å². The van der Waals surface area contributed by atoms with Crippen LogP contribution in [0.3, 0.4) is 0 Å². The first-order chi connectivity index (χ1) is 10.1. The van der Waals surface area contributed by atoms with Crippen LogP contribution < -0.4 is 16.6 Å². The number of aromatic nitrogens is 2. The van der Waals surface area contributed by atoms with Crippen LogP contribution in [-0.4, -0.2) is 21.8 Å². The van der Waals surface area contributed by atoms with Gasteiger partial charge in [0.25, 0.3) is 5.91 Å². The molecule has 0 aliphatic heterocycles. The second kappa shape index (κ2) is 6.42. The Balaban J connectivity index is 1.88. The molecule has 21 heavy (non-hydrogen) atoms. The number of hydrogen-bond acceptors (Lipinski definition) is 5. The summed E-state index contributed by atoms with van der Waals surface area (Å²) in [5.41, 5.74) is 10.4. The van der Waals surface area contributed by atoms with Gasteiger partial charge in [0.05, 0.1) is 6.42 Å².